The SMILES string of the molecule is CC(O)(CS(=O)(=O)c1ccc(NCCCC(=O)N2CCN(C(=O)c3cc(Cc4n[nH]c(=O)c5ccccc45)ccc3F)CC2)cc1)C(=O)Cc1ccc(C#N)c(C(F)(F)F)c1. The normalized spacial score (nSPS) is 14.3. The smallest absolute Gasteiger partial charge is 0.385 e. The van der Waals surface area contributed by atoms with E-state index in [0.717, 1.165) is 19.1 Å². The number of fused-ring (bicyclic) bond motifs is 1. The molecule has 0 aliphatic carbocycles. The zero-order chi connectivity index (χ0) is 44.1. The minimum Gasteiger partial charge on any atom is -0.385 e. The number of hydrogen-bond donors (Lipinski definition) is 3. The third-order valence-corrected chi connectivity index (χ3v) is 12.3. The number of nitrogens with one attached hydrogen (secondary N) is 2. The molecule has 318 valence electrons. The van der Waals surface area contributed by atoms with E-state index in [9.17, 15) is 50.3 Å². The van der Waals surface area contributed by atoms with Crippen molar-refractivity contribution in [1.82, 2.24) is 20.0 Å². The third kappa shape index (κ3) is 10.5. The van der Waals surface area contributed by atoms with E-state index in [1.165, 1.54) is 47.4 Å². The maximum atomic E-state index is 14.9. The Morgan fingerprint density at radius 2 is 1.57 bits per heavy atom. The maximum Gasteiger partial charge on any atom is 0.417 e. The topological polar surface area (TPSA) is 194 Å². The third-order valence-electron chi connectivity index (χ3n) is 10.4. The van der Waals surface area contributed by atoms with Crippen LogP contribution in [0.4, 0.5) is 23.2 Å². The van der Waals surface area contributed by atoms with E-state index < -0.39 is 62.4 Å². The summed E-state index contributed by atoms with van der Waals surface area (Å²) in [5, 5.41) is 30.7. The molecule has 0 radical (unpaired) electrons. The largest absolute Gasteiger partial charge is 0.417 e. The van der Waals surface area contributed by atoms with E-state index in [-0.39, 0.29) is 66.5 Å². The summed E-state index contributed by atoms with van der Waals surface area (Å²) in [6.07, 6.45) is -4.71. The van der Waals surface area contributed by atoms with Crippen molar-refractivity contribution in [2.45, 2.75) is 49.3 Å². The van der Waals surface area contributed by atoms with E-state index in [2.05, 4.69) is 15.5 Å². The molecule has 1 atom stereocenters. The molecule has 2 amide bonds. The number of amides is 2. The summed E-state index contributed by atoms with van der Waals surface area (Å²) in [5.74, 6) is -3.37. The summed E-state index contributed by atoms with van der Waals surface area (Å²) in [6.45, 7) is 2.25. The Bertz CT molecular complexity index is 2690. The molecule has 1 aromatic heterocycles. The quantitative estimate of drug-likeness (QED) is 0.100. The van der Waals surface area contributed by atoms with Crippen molar-refractivity contribution in [2.75, 3.05) is 43.8 Å². The second kappa shape index (κ2) is 18.0. The molecule has 3 N–H and O–H groups in total. The first-order valence-corrected chi connectivity index (χ1v) is 20.8. The van der Waals surface area contributed by atoms with Crippen LogP contribution in [0.15, 0.2) is 94.6 Å². The molecule has 1 aliphatic rings. The minimum atomic E-state index is -4.86. The van der Waals surface area contributed by atoms with Gasteiger partial charge in [-0.2, -0.15) is 23.5 Å². The lowest BCUT2D eigenvalue weighted by atomic mass is 9.94. The molecule has 0 saturated carbocycles. The maximum absolute atomic E-state index is 14.9. The Morgan fingerprint density at radius 3 is 2.25 bits per heavy atom. The van der Waals surface area contributed by atoms with Gasteiger partial charge in [-0.1, -0.05) is 30.3 Å². The highest BCUT2D eigenvalue weighted by Crippen LogP contribution is 2.33. The number of Topliss-reactive ketones (excluding diaryl/α,β-unsaturated/α-hetero) is 1. The van der Waals surface area contributed by atoms with Gasteiger partial charge in [0, 0.05) is 63.1 Å². The lowest BCUT2D eigenvalue weighted by Crippen LogP contribution is -2.50. The van der Waals surface area contributed by atoms with Crippen LogP contribution in [-0.4, -0.2) is 95.2 Å². The molecule has 13 nitrogen and oxygen atoms in total. The number of benzene rings is 4. The van der Waals surface area contributed by atoms with Gasteiger partial charge in [0.2, 0.25) is 5.91 Å². The highest BCUT2D eigenvalue weighted by molar-refractivity contribution is 7.91. The number of nitrogens with zero attached hydrogens (tertiary/aromatic N) is 4. The van der Waals surface area contributed by atoms with Gasteiger partial charge in [-0.15, -0.1) is 0 Å². The first-order chi connectivity index (χ1) is 28.9. The fraction of sp³-hybridized carbons (Fsp3) is 0.302. The summed E-state index contributed by atoms with van der Waals surface area (Å²) in [6, 6.07) is 20.8. The van der Waals surface area contributed by atoms with Gasteiger partial charge in [-0.25, -0.2) is 17.9 Å². The van der Waals surface area contributed by atoms with Crippen molar-refractivity contribution in [3.05, 3.63) is 135 Å². The molecular formula is C43H40F4N6O7S. The second-order valence-electron chi connectivity index (χ2n) is 14.9. The van der Waals surface area contributed by atoms with Gasteiger partial charge in [0.05, 0.1) is 44.5 Å². The number of ketones is 1. The number of sulfone groups is 1. The van der Waals surface area contributed by atoms with Crippen LogP contribution in [0.3, 0.4) is 0 Å². The van der Waals surface area contributed by atoms with Crippen LogP contribution in [0.25, 0.3) is 10.8 Å². The van der Waals surface area contributed by atoms with Crippen LogP contribution in [0.2, 0.25) is 0 Å². The van der Waals surface area contributed by atoms with Crippen molar-refractivity contribution in [2.24, 2.45) is 0 Å². The van der Waals surface area contributed by atoms with Gasteiger partial charge in [0.15, 0.2) is 15.6 Å². The molecule has 1 aliphatic heterocycles. The van der Waals surface area contributed by atoms with Crippen molar-refractivity contribution in [1.29, 1.82) is 5.26 Å². The Balaban J connectivity index is 0.949. The second-order valence-corrected chi connectivity index (χ2v) is 16.9. The molecule has 5 aromatic rings. The number of hydrogen-bond acceptors (Lipinski definition) is 10. The van der Waals surface area contributed by atoms with Gasteiger partial charge in [0.1, 0.15) is 11.4 Å². The van der Waals surface area contributed by atoms with Gasteiger partial charge in [-0.3, -0.25) is 19.2 Å². The van der Waals surface area contributed by atoms with Gasteiger partial charge in [-0.05, 0) is 79.1 Å². The van der Waals surface area contributed by atoms with E-state index in [4.69, 9.17) is 5.26 Å². The molecule has 2 heterocycles. The number of H-pyrrole nitrogens is 1. The van der Waals surface area contributed by atoms with E-state index in [1.807, 2.05) is 0 Å². The van der Waals surface area contributed by atoms with E-state index >= 15 is 0 Å². The summed E-state index contributed by atoms with van der Waals surface area (Å²) < 4.78 is 81.3. The van der Waals surface area contributed by atoms with E-state index in [0.29, 0.717) is 46.7 Å². The zero-order valence-electron chi connectivity index (χ0n) is 32.8. The molecule has 6 rings (SSSR count). The number of rotatable bonds is 14. The zero-order valence-corrected chi connectivity index (χ0v) is 33.6. The van der Waals surface area contributed by atoms with Gasteiger partial charge >= 0.3 is 6.18 Å². The molecule has 0 spiro atoms. The number of aromatic amines is 1. The Morgan fingerprint density at radius 1 is 0.918 bits per heavy atom. The van der Waals surface area contributed by atoms with Crippen LogP contribution >= 0.6 is 0 Å². The van der Waals surface area contributed by atoms with Crippen molar-refractivity contribution in [3.8, 4) is 6.07 Å². The van der Waals surface area contributed by atoms with E-state index in [1.54, 1.807) is 35.2 Å². The lowest BCUT2D eigenvalue weighted by molar-refractivity contribution is -0.138. The number of aliphatic hydroxyl groups is 1. The molecule has 1 fully saturated rings. The lowest BCUT2D eigenvalue weighted by Gasteiger charge is -2.35. The Hall–Kier alpha value is -6.45. The average molecular weight is 861 g/mol. The summed E-state index contributed by atoms with van der Waals surface area (Å²) in [7, 11) is -4.24. The number of halogens is 4. The molecule has 0 bridgehead atoms. The molecule has 18 heteroatoms. The first-order valence-electron chi connectivity index (χ1n) is 19.1. The average Bonchev–Trinajstić information content (AvgIpc) is 3.23. The number of carbonyl (C=O) groups excluding carboxylic acids is 3. The van der Waals surface area contributed by atoms with Crippen molar-refractivity contribution in [3.63, 3.8) is 0 Å². The number of nitriles is 1. The fourth-order valence-electron chi connectivity index (χ4n) is 7.03. The summed E-state index contributed by atoms with van der Waals surface area (Å²) in [5.41, 5.74) is -3.17. The standard InChI is InChI=1S/C43H40F4N6O7S/c1-42(58,38(54)24-28-8-10-29(25-48)35(22-28)43(45,46)47)26-61(59,60)31-13-11-30(12-14-31)49-16-4-7-39(55)52-17-19-53(20-18-52)41(57)34-21-27(9-15-36(34)44)23-37-32-5-2-3-6-33(32)40(56)51-50-37/h2-3,5-6,8-15,21-22,49,58H,4,7,16-20,23-24,26H2,1H3,(H,51,56). The van der Waals surface area contributed by atoms with Crippen LogP contribution in [0.5, 0.6) is 0 Å². The highest BCUT2D eigenvalue weighted by Gasteiger charge is 2.38. The van der Waals surface area contributed by atoms with Gasteiger partial charge < -0.3 is 20.2 Å². The Labute approximate surface area is 347 Å². The van der Waals surface area contributed by atoms with Crippen molar-refractivity contribution < 1.29 is 45.5 Å². The fourth-order valence-corrected chi connectivity index (χ4v) is 8.65. The monoisotopic (exact) mass is 860 g/mol. The molecular weight excluding hydrogens is 821 g/mol. The molecule has 61 heavy (non-hydrogen) atoms. The van der Waals surface area contributed by atoms with Crippen LogP contribution in [-0.2, 0) is 38.4 Å². The first kappa shape index (κ1) is 44.1. The molecule has 1 saturated heterocycles. The van der Waals surface area contributed by atoms with Crippen LogP contribution in [0.1, 0.15) is 58.1 Å². The molecule has 1 unspecified atom stereocenters. The predicted octanol–water partition coefficient (Wildman–Crippen LogP) is 5.06. The number of alkyl halides is 3. The van der Waals surface area contributed by atoms with Gasteiger partial charge in [0.25, 0.3) is 11.5 Å². The predicted molar refractivity (Wildman–Crippen MR) is 216 cm³/mol. The number of anilines is 1. The number of piperazine rings is 1. The Kier molecular flexibility index (Phi) is 13.0. The number of aromatic nitrogens is 2. The van der Waals surface area contributed by atoms with Crippen LogP contribution < -0.4 is 10.9 Å². The number of carbonyl (C=O) groups is 3. The summed E-state index contributed by atoms with van der Waals surface area (Å²) >= 11 is 0. The van der Waals surface area contributed by atoms with Crippen molar-refractivity contribution >= 4 is 43.9 Å². The summed E-state index contributed by atoms with van der Waals surface area (Å²) in [4.78, 5) is 54.4. The minimum absolute atomic E-state index is 0.102. The highest BCUT2D eigenvalue weighted by atomic mass is 32.2. The molecule has 4 aromatic carbocycles. The van der Waals surface area contributed by atoms with Crippen LogP contribution in [0, 0.1) is 17.1 Å².